The summed E-state index contributed by atoms with van der Waals surface area (Å²) in [6, 6.07) is 3.73. The second-order valence-corrected chi connectivity index (χ2v) is 3.21. The van der Waals surface area contributed by atoms with Crippen LogP contribution in [0.5, 0.6) is 0 Å². The standard InChI is InChI=1S/C9H10N2O/c10-4-6-3-8(12-5-6)9(11)7-1-2-7/h3,5,7,9H,1-2,11H2/t9-/m0/s1. The van der Waals surface area contributed by atoms with Crippen LogP contribution in [-0.2, 0) is 0 Å². The third kappa shape index (κ3) is 1.21. The lowest BCUT2D eigenvalue weighted by Crippen LogP contribution is -2.10. The summed E-state index contributed by atoms with van der Waals surface area (Å²) in [6.07, 6.45) is 3.82. The van der Waals surface area contributed by atoms with Gasteiger partial charge in [0.25, 0.3) is 0 Å². The molecule has 3 nitrogen and oxygen atoms in total. The van der Waals surface area contributed by atoms with E-state index in [9.17, 15) is 0 Å². The Morgan fingerprint density at radius 2 is 2.42 bits per heavy atom. The molecule has 0 radical (unpaired) electrons. The first-order valence-corrected chi connectivity index (χ1v) is 4.05. The van der Waals surface area contributed by atoms with Gasteiger partial charge in [0.1, 0.15) is 18.1 Å². The summed E-state index contributed by atoms with van der Waals surface area (Å²) in [5.74, 6) is 1.32. The van der Waals surface area contributed by atoms with E-state index in [0.29, 0.717) is 11.5 Å². The quantitative estimate of drug-likeness (QED) is 0.717. The number of furan rings is 1. The summed E-state index contributed by atoms with van der Waals surface area (Å²) < 4.78 is 5.17. The molecule has 2 rings (SSSR count). The van der Waals surface area contributed by atoms with E-state index in [0.717, 1.165) is 5.76 Å². The van der Waals surface area contributed by atoms with E-state index in [4.69, 9.17) is 15.4 Å². The van der Waals surface area contributed by atoms with Crippen molar-refractivity contribution in [1.82, 2.24) is 0 Å². The fourth-order valence-corrected chi connectivity index (χ4v) is 1.27. The molecule has 0 unspecified atom stereocenters. The Labute approximate surface area is 70.8 Å². The highest BCUT2D eigenvalue weighted by atomic mass is 16.3. The lowest BCUT2D eigenvalue weighted by Gasteiger charge is -2.04. The van der Waals surface area contributed by atoms with Crippen molar-refractivity contribution < 1.29 is 4.42 Å². The lowest BCUT2D eigenvalue weighted by atomic mass is 10.1. The second-order valence-electron chi connectivity index (χ2n) is 3.21. The molecule has 0 aliphatic heterocycles. The molecule has 1 aromatic rings. The van der Waals surface area contributed by atoms with Crippen LogP contribution in [0, 0.1) is 17.2 Å². The van der Waals surface area contributed by atoms with Crippen LogP contribution in [0.15, 0.2) is 16.7 Å². The first-order valence-electron chi connectivity index (χ1n) is 4.05. The van der Waals surface area contributed by atoms with Crippen LogP contribution in [0.2, 0.25) is 0 Å². The maximum absolute atomic E-state index is 8.54. The zero-order valence-corrected chi connectivity index (χ0v) is 6.66. The maximum atomic E-state index is 8.54. The van der Waals surface area contributed by atoms with Crippen molar-refractivity contribution in [2.45, 2.75) is 18.9 Å². The summed E-state index contributed by atoms with van der Waals surface area (Å²) in [4.78, 5) is 0. The fraction of sp³-hybridized carbons (Fsp3) is 0.444. The second kappa shape index (κ2) is 2.65. The predicted octanol–water partition coefficient (Wildman–Crippen LogP) is 1.56. The molecule has 1 aliphatic rings. The number of nitrogens with zero attached hydrogens (tertiary/aromatic N) is 1. The van der Waals surface area contributed by atoms with Crippen LogP contribution in [-0.4, -0.2) is 0 Å². The summed E-state index contributed by atoms with van der Waals surface area (Å²) >= 11 is 0. The van der Waals surface area contributed by atoms with E-state index in [1.165, 1.54) is 19.1 Å². The Morgan fingerprint density at radius 1 is 1.67 bits per heavy atom. The normalized spacial score (nSPS) is 18.7. The largest absolute Gasteiger partial charge is 0.466 e. The molecule has 2 N–H and O–H groups in total. The molecule has 1 saturated carbocycles. The molecule has 1 atom stereocenters. The molecule has 3 heteroatoms. The van der Waals surface area contributed by atoms with Gasteiger partial charge in [0, 0.05) is 0 Å². The minimum absolute atomic E-state index is 0.00731. The third-order valence-corrected chi connectivity index (χ3v) is 2.21. The van der Waals surface area contributed by atoms with E-state index in [2.05, 4.69) is 0 Å². The summed E-state index contributed by atoms with van der Waals surface area (Å²) in [5, 5.41) is 8.54. The Bertz CT molecular complexity index is 320. The lowest BCUT2D eigenvalue weighted by molar-refractivity contribution is 0.442. The van der Waals surface area contributed by atoms with Gasteiger partial charge in [0.15, 0.2) is 0 Å². The van der Waals surface area contributed by atoms with Crippen molar-refractivity contribution in [3.8, 4) is 6.07 Å². The van der Waals surface area contributed by atoms with Crippen molar-refractivity contribution in [1.29, 1.82) is 5.26 Å². The van der Waals surface area contributed by atoms with Crippen molar-refractivity contribution in [3.05, 3.63) is 23.7 Å². The highest BCUT2D eigenvalue weighted by molar-refractivity contribution is 5.28. The smallest absolute Gasteiger partial charge is 0.122 e. The molecule has 0 aromatic carbocycles. The molecular formula is C9H10N2O. The zero-order valence-electron chi connectivity index (χ0n) is 6.66. The van der Waals surface area contributed by atoms with Crippen molar-refractivity contribution in [2.75, 3.05) is 0 Å². The Kier molecular flexibility index (Phi) is 1.63. The van der Waals surface area contributed by atoms with Gasteiger partial charge in [-0.1, -0.05) is 0 Å². The van der Waals surface area contributed by atoms with Gasteiger partial charge < -0.3 is 10.2 Å². The molecule has 0 saturated heterocycles. The van der Waals surface area contributed by atoms with Gasteiger partial charge in [-0.2, -0.15) is 5.26 Å². The SMILES string of the molecule is N#Cc1coc([C@@H](N)C2CC2)c1. The van der Waals surface area contributed by atoms with E-state index in [1.807, 2.05) is 6.07 Å². The topological polar surface area (TPSA) is 63.0 Å². The van der Waals surface area contributed by atoms with Gasteiger partial charge >= 0.3 is 0 Å². The van der Waals surface area contributed by atoms with Crippen molar-refractivity contribution in [2.24, 2.45) is 11.7 Å². The molecule has 62 valence electrons. The predicted molar refractivity (Wildman–Crippen MR) is 43.1 cm³/mol. The van der Waals surface area contributed by atoms with Gasteiger partial charge in [-0.3, -0.25) is 0 Å². The minimum atomic E-state index is -0.00731. The average molecular weight is 162 g/mol. The van der Waals surface area contributed by atoms with Gasteiger partial charge in [0.2, 0.25) is 0 Å². The van der Waals surface area contributed by atoms with Gasteiger partial charge in [-0.15, -0.1) is 0 Å². The maximum Gasteiger partial charge on any atom is 0.122 e. The van der Waals surface area contributed by atoms with Crippen LogP contribution in [0.25, 0.3) is 0 Å². The van der Waals surface area contributed by atoms with Crippen LogP contribution < -0.4 is 5.73 Å². The van der Waals surface area contributed by atoms with E-state index >= 15 is 0 Å². The van der Waals surface area contributed by atoms with Crippen molar-refractivity contribution >= 4 is 0 Å². The first kappa shape index (κ1) is 7.38. The molecule has 0 bridgehead atoms. The molecule has 1 aliphatic carbocycles. The minimum Gasteiger partial charge on any atom is -0.466 e. The summed E-state index contributed by atoms with van der Waals surface area (Å²) in [5.41, 5.74) is 6.42. The van der Waals surface area contributed by atoms with E-state index in [1.54, 1.807) is 6.07 Å². The number of hydrogen-bond donors (Lipinski definition) is 1. The number of nitrogens with two attached hydrogens (primary N) is 1. The monoisotopic (exact) mass is 162 g/mol. The summed E-state index contributed by atoms with van der Waals surface area (Å²) in [7, 11) is 0. The van der Waals surface area contributed by atoms with Crippen LogP contribution in [0.1, 0.15) is 30.2 Å². The van der Waals surface area contributed by atoms with Crippen molar-refractivity contribution in [3.63, 3.8) is 0 Å². The molecule has 12 heavy (non-hydrogen) atoms. The highest BCUT2D eigenvalue weighted by Gasteiger charge is 2.31. The molecule has 1 aromatic heterocycles. The summed E-state index contributed by atoms with van der Waals surface area (Å²) in [6.45, 7) is 0. The first-order chi connectivity index (χ1) is 5.81. The highest BCUT2D eigenvalue weighted by Crippen LogP contribution is 2.39. The number of hydrogen-bond acceptors (Lipinski definition) is 3. The van der Waals surface area contributed by atoms with Gasteiger partial charge in [-0.25, -0.2) is 0 Å². The van der Waals surface area contributed by atoms with E-state index < -0.39 is 0 Å². The van der Waals surface area contributed by atoms with Gasteiger partial charge in [0.05, 0.1) is 11.6 Å². The van der Waals surface area contributed by atoms with Crippen LogP contribution in [0.4, 0.5) is 0 Å². The molecule has 0 spiro atoms. The third-order valence-electron chi connectivity index (χ3n) is 2.21. The Balaban J connectivity index is 2.17. The molecule has 1 fully saturated rings. The average Bonchev–Trinajstić information content (AvgIpc) is 2.82. The zero-order chi connectivity index (χ0) is 8.55. The molecule has 0 amide bonds. The van der Waals surface area contributed by atoms with Gasteiger partial charge in [-0.05, 0) is 24.8 Å². The van der Waals surface area contributed by atoms with E-state index in [-0.39, 0.29) is 6.04 Å². The number of nitriles is 1. The van der Waals surface area contributed by atoms with Crippen LogP contribution >= 0.6 is 0 Å². The van der Waals surface area contributed by atoms with Crippen LogP contribution in [0.3, 0.4) is 0 Å². The molecule has 1 heterocycles. The number of rotatable bonds is 2. The fourth-order valence-electron chi connectivity index (χ4n) is 1.27. The Morgan fingerprint density at radius 3 is 2.92 bits per heavy atom. The Hall–Kier alpha value is -1.27. The molecular weight excluding hydrogens is 152 g/mol.